The maximum absolute atomic E-state index is 12.9. The summed E-state index contributed by atoms with van der Waals surface area (Å²) in [6, 6.07) is 0. The van der Waals surface area contributed by atoms with Gasteiger partial charge in [0.05, 0.1) is 0 Å². The van der Waals surface area contributed by atoms with Crippen molar-refractivity contribution in [2.75, 3.05) is 0 Å². The minimum absolute atomic E-state index is 0.616. The van der Waals surface area contributed by atoms with E-state index in [0.29, 0.717) is 5.92 Å². The van der Waals surface area contributed by atoms with Gasteiger partial charge in [0.1, 0.15) is 5.67 Å². The molecule has 0 aromatic carbocycles. The van der Waals surface area contributed by atoms with E-state index in [4.69, 9.17) is 0 Å². The van der Waals surface area contributed by atoms with Crippen molar-refractivity contribution in [1.82, 2.24) is 0 Å². The van der Waals surface area contributed by atoms with E-state index in [2.05, 4.69) is 6.92 Å². The molecule has 0 saturated heterocycles. The topological polar surface area (TPSA) is 0 Å². The summed E-state index contributed by atoms with van der Waals surface area (Å²) in [4.78, 5) is 0. The maximum Gasteiger partial charge on any atom is 0.108 e. The first-order chi connectivity index (χ1) is 3.60. The minimum atomic E-state index is -0.834. The van der Waals surface area contributed by atoms with Crippen LogP contribution in [0.4, 0.5) is 4.39 Å². The van der Waals surface area contributed by atoms with Crippen molar-refractivity contribution in [3.63, 3.8) is 0 Å². The molecule has 0 aliphatic heterocycles. The second-order valence-corrected chi connectivity index (χ2v) is 3.26. The van der Waals surface area contributed by atoms with Gasteiger partial charge in [-0.1, -0.05) is 6.92 Å². The molecule has 1 rings (SSSR count). The predicted octanol–water partition coefficient (Wildman–Crippen LogP) is 2.53. The van der Waals surface area contributed by atoms with Gasteiger partial charge >= 0.3 is 0 Å². The van der Waals surface area contributed by atoms with Gasteiger partial charge in [0, 0.05) is 0 Å². The molecular formula is C7H13F. The Labute approximate surface area is 50.1 Å². The molecule has 0 bridgehead atoms. The second kappa shape index (κ2) is 1.71. The molecule has 1 aliphatic carbocycles. The number of rotatable bonds is 0. The molecule has 0 radical (unpaired) electrons. The van der Waals surface area contributed by atoms with Crippen LogP contribution in [-0.2, 0) is 0 Å². The summed E-state index contributed by atoms with van der Waals surface area (Å²) in [5.41, 5.74) is -0.834. The lowest BCUT2D eigenvalue weighted by molar-refractivity contribution is 0.194. The van der Waals surface area contributed by atoms with E-state index in [1.54, 1.807) is 6.92 Å². The molecule has 48 valence electrons. The highest BCUT2D eigenvalue weighted by molar-refractivity contribution is 4.83. The van der Waals surface area contributed by atoms with Crippen LogP contribution in [0.1, 0.15) is 33.1 Å². The van der Waals surface area contributed by atoms with Crippen molar-refractivity contribution in [2.45, 2.75) is 38.8 Å². The van der Waals surface area contributed by atoms with Gasteiger partial charge in [-0.25, -0.2) is 4.39 Å². The standard InChI is InChI=1S/C7H13F/c1-6-3-4-7(2,8)5-6/h6H,3-5H2,1-2H3/t6-,7?/m0/s1. The molecule has 0 aromatic heterocycles. The summed E-state index contributed by atoms with van der Waals surface area (Å²) in [6.07, 6.45) is 2.62. The zero-order valence-corrected chi connectivity index (χ0v) is 5.58. The third-order valence-electron chi connectivity index (χ3n) is 1.93. The molecule has 8 heavy (non-hydrogen) atoms. The van der Waals surface area contributed by atoms with E-state index in [1.165, 1.54) is 0 Å². The molecule has 0 N–H and O–H groups in total. The molecule has 2 atom stereocenters. The van der Waals surface area contributed by atoms with Crippen LogP contribution in [0.5, 0.6) is 0 Å². The van der Waals surface area contributed by atoms with Crippen molar-refractivity contribution >= 4 is 0 Å². The third-order valence-corrected chi connectivity index (χ3v) is 1.93. The normalized spacial score (nSPS) is 47.6. The van der Waals surface area contributed by atoms with Crippen LogP contribution in [0, 0.1) is 5.92 Å². The van der Waals surface area contributed by atoms with Crippen LogP contribution in [0.25, 0.3) is 0 Å². The van der Waals surface area contributed by atoms with E-state index in [1.807, 2.05) is 0 Å². The lowest BCUT2D eigenvalue weighted by atomic mass is 10.1. The molecule has 1 heteroatoms. The average Bonchev–Trinajstić information content (AvgIpc) is 1.82. The minimum Gasteiger partial charge on any atom is -0.244 e. The van der Waals surface area contributed by atoms with Gasteiger partial charge in [-0.2, -0.15) is 0 Å². The summed E-state index contributed by atoms with van der Waals surface area (Å²) in [6.45, 7) is 3.82. The Morgan fingerprint density at radius 1 is 1.62 bits per heavy atom. The Hall–Kier alpha value is -0.0700. The van der Waals surface area contributed by atoms with Crippen LogP contribution in [0.2, 0.25) is 0 Å². The number of alkyl halides is 1. The van der Waals surface area contributed by atoms with Crippen molar-refractivity contribution in [3.8, 4) is 0 Å². The first kappa shape index (κ1) is 6.06. The Morgan fingerprint density at radius 2 is 2.25 bits per heavy atom. The van der Waals surface area contributed by atoms with Crippen LogP contribution < -0.4 is 0 Å². The fourth-order valence-corrected chi connectivity index (χ4v) is 1.48. The van der Waals surface area contributed by atoms with E-state index < -0.39 is 5.67 Å². The van der Waals surface area contributed by atoms with Crippen molar-refractivity contribution < 1.29 is 4.39 Å². The molecule has 0 amide bonds. The fourth-order valence-electron chi connectivity index (χ4n) is 1.48. The van der Waals surface area contributed by atoms with Gasteiger partial charge in [-0.3, -0.25) is 0 Å². The fraction of sp³-hybridized carbons (Fsp3) is 1.00. The first-order valence-electron chi connectivity index (χ1n) is 3.29. The van der Waals surface area contributed by atoms with Gasteiger partial charge in [0.15, 0.2) is 0 Å². The molecule has 1 aliphatic rings. The highest BCUT2D eigenvalue weighted by Gasteiger charge is 2.32. The monoisotopic (exact) mass is 116 g/mol. The highest BCUT2D eigenvalue weighted by atomic mass is 19.1. The van der Waals surface area contributed by atoms with Gasteiger partial charge in [0.25, 0.3) is 0 Å². The van der Waals surface area contributed by atoms with Crippen molar-refractivity contribution in [3.05, 3.63) is 0 Å². The number of hydrogen-bond acceptors (Lipinski definition) is 0. The summed E-state index contributed by atoms with van der Waals surface area (Å²) >= 11 is 0. The molecular weight excluding hydrogens is 103 g/mol. The molecule has 1 saturated carbocycles. The molecule has 1 unspecified atom stereocenters. The van der Waals surface area contributed by atoms with Crippen molar-refractivity contribution in [2.24, 2.45) is 5.92 Å². The summed E-state index contributed by atoms with van der Waals surface area (Å²) in [5, 5.41) is 0. The Kier molecular flexibility index (Phi) is 1.30. The Balaban J connectivity index is 2.44. The van der Waals surface area contributed by atoms with Crippen LogP contribution in [0.15, 0.2) is 0 Å². The second-order valence-electron chi connectivity index (χ2n) is 3.26. The van der Waals surface area contributed by atoms with E-state index in [-0.39, 0.29) is 0 Å². The van der Waals surface area contributed by atoms with Crippen LogP contribution in [-0.4, -0.2) is 5.67 Å². The summed E-state index contributed by atoms with van der Waals surface area (Å²) in [7, 11) is 0. The summed E-state index contributed by atoms with van der Waals surface area (Å²) in [5.74, 6) is 0.616. The lowest BCUT2D eigenvalue weighted by Gasteiger charge is -2.09. The van der Waals surface area contributed by atoms with Gasteiger partial charge in [-0.15, -0.1) is 0 Å². The molecule has 1 fully saturated rings. The summed E-state index contributed by atoms with van der Waals surface area (Å²) < 4.78 is 12.9. The maximum atomic E-state index is 12.9. The third kappa shape index (κ3) is 1.21. The van der Waals surface area contributed by atoms with Gasteiger partial charge in [0.2, 0.25) is 0 Å². The first-order valence-corrected chi connectivity index (χ1v) is 3.29. The van der Waals surface area contributed by atoms with Crippen LogP contribution in [0.3, 0.4) is 0 Å². The highest BCUT2D eigenvalue weighted by Crippen LogP contribution is 2.36. The SMILES string of the molecule is C[C@H]1CCC(C)(F)C1. The van der Waals surface area contributed by atoms with E-state index in [9.17, 15) is 4.39 Å². The molecule has 0 spiro atoms. The molecule has 0 nitrogen and oxygen atoms in total. The smallest absolute Gasteiger partial charge is 0.108 e. The van der Waals surface area contributed by atoms with E-state index >= 15 is 0 Å². The number of hydrogen-bond donors (Lipinski definition) is 0. The van der Waals surface area contributed by atoms with Gasteiger partial charge in [-0.05, 0) is 32.1 Å². The zero-order valence-electron chi connectivity index (χ0n) is 5.58. The van der Waals surface area contributed by atoms with Gasteiger partial charge < -0.3 is 0 Å². The molecule has 0 heterocycles. The average molecular weight is 116 g/mol. The Morgan fingerprint density at radius 3 is 2.38 bits per heavy atom. The van der Waals surface area contributed by atoms with Crippen LogP contribution >= 0.6 is 0 Å². The zero-order chi connectivity index (χ0) is 6.20. The quantitative estimate of drug-likeness (QED) is 0.456. The largest absolute Gasteiger partial charge is 0.244 e. The predicted molar refractivity (Wildman–Crippen MR) is 32.5 cm³/mol. The van der Waals surface area contributed by atoms with Crippen molar-refractivity contribution in [1.29, 1.82) is 0 Å². The molecule has 0 aromatic rings. The number of halogens is 1. The lowest BCUT2D eigenvalue weighted by Crippen LogP contribution is -2.10. The Bertz CT molecular complexity index is 86.4. The van der Waals surface area contributed by atoms with E-state index in [0.717, 1.165) is 19.3 Å².